The van der Waals surface area contributed by atoms with Gasteiger partial charge in [0, 0.05) is 23.1 Å². The topological polar surface area (TPSA) is 126 Å². The molecule has 0 saturated carbocycles. The molecule has 2 atom stereocenters. The maximum absolute atomic E-state index is 12.7. The fourth-order valence-electron chi connectivity index (χ4n) is 3.98. The second-order valence-electron chi connectivity index (χ2n) is 8.15. The van der Waals surface area contributed by atoms with Crippen molar-refractivity contribution < 1.29 is 33.8 Å². The lowest BCUT2D eigenvalue weighted by Gasteiger charge is -2.28. The minimum Gasteiger partial charge on any atom is -0.496 e. The van der Waals surface area contributed by atoms with Crippen LogP contribution in [0.3, 0.4) is 0 Å². The third-order valence-corrected chi connectivity index (χ3v) is 5.48. The molecule has 0 aromatic heterocycles. The molecule has 0 heterocycles. The molecule has 0 saturated heterocycles. The second kappa shape index (κ2) is 11.2. The minimum absolute atomic E-state index is 0.174. The molecule has 2 rings (SSSR count). The van der Waals surface area contributed by atoms with Crippen LogP contribution >= 0.6 is 0 Å². The van der Waals surface area contributed by atoms with Crippen molar-refractivity contribution >= 4 is 18.9 Å². The molecule has 4 N–H and O–H groups in total. The molecular weight excluding hydrogens is 403 g/mol. The molecule has 1 aliphatic carbocycles. The summed E-state index contributed by atoms with van der Waals surface area (Å²) in [6, 6.07) is 1.78. The van der Waals surface area contributed by atoms with E-state index in [1.54, 1.807) is 27.4 Å². The Bertz CT molecular complexity index is 763. The molecule has 1 aliphatic rings. The quantitative estimate of drug-likeness (QED) is 0.393. The van der Waals surface area contributed by atoms with Crippen LogP contribution in [0.15, 0.2) is 6.07 Å². The van der Waals surface area contributed by atoms with Gasteiger partial charge in [-0.25, -0.2) is 0 Å². The first-order valence-electron chi connectivity index (χ1n) is 10.5. The van der Waals surface area contributed by atoms with Crippen LogP contribution in [0.5, 0.6) is 17.2 Å². The van der Waals surface area contributed by atoms with Gasteiger partial charge in [0.2, 0.25) is 11.8 Å². The first-order chi connectivity index (χ1) is 14.7. The average Bonchev–Trinajstić information content (AvgIpc) is 2.74. The van der Waals surface area contributed by atoms with Crippen LogP contribution in [0.25, 0.3) is 0 Å². The standard InChI is InChI=1S/C21H33BN2O7/c1-12(2)8-18(22(27)28)24-19(25)11-23-21(26)13-6-7-14-15(9-13)20(31-5)17(30-4)10-16(14)29-3/h10,12-13,18,27-28H,6-9,11H2,1-5H3,(H,23,26)(H,24,25). The molecule has 1 aromatic rings. The van der Waals surface area contributed by atoms with E-state index in [0.717, 1.165) is 11.1 Å². The lowest BCUT2D eigenvalue weighted by Crippen LogP contribution is -2.50. The van der Waals surface area contributed by atoms with Crippen molar-refractivity contribution in [2.75, 3.05) is 27.9 Å². The Morgan fingerprint density at radius 2 is 1.81 bits per heavy atom. The second-order valence-corrected chi connectivity index (χ2v) is 8.15. The highest BCUT2D eigenvalue weighted by Crippen LogP contribution is 2.44. The third-order valence-electron chi connectivity index (χ3n) is 5.48. The zero-order valence-electron chi connectivity index (χ0n) is 18.9. The molecule has 0 aliphatic heterocycles. The van der Waals surface area contributed by atoms with Crippen molar-refractivity contribution in [2.24, 2.45) is 11.8 Å². The van der Waals surface area contributed by atoms with Crippen LogP contribution in [0.1, 0.15) is 37.8 Å². The SMILES string of the molecule is COc1cc(OC)c(OC)c2c1CCC(C(=O)NCC(=O)NC(CC(C)C)B(O)O)C2. The summed E-state index contributed by atoms with van der Waals surface area (Å²) in [5, 5.41) is 24.1. The van der Waals surface area contributed by atoms with Gasteiger partial charge in [0.25, 0.3) is 0 Å². The Labute approximate surface area is 183 Å². The Kier molecular flexibility index (Phi) is 9.00. The molecule has 0 fully saturated rings. The molecule has 10 heteroatoms. The minimum atomic E-state index is -1.66. The van der Waals surface area contributed by atoms with Crippen LogP contribution in [0.4, 0.5) is 0 Å². The fourth-order valence-corrected chi connectivity index (χ4v) is 3.98. The maximum Gasteiger partial charge on any atom is 0.475 e. The third kappa shape index (κ3) is 6.27. The highest BCUT2D eigenvalue weighted by Gasteiger charge is 2.31. The van der Waals surface area contributed by atoms with Gasteiger partial charge in [-0.05, 0) is 31.6 Å². The first-order valence-corrected chi connectivity index (χ1v) is 10.5. The Morgan fingerprint density at radius 3 is 2.35 bits per heavy atom. The van der Waals surface area contributed by atoms with E-state index in [4.69, 9.17) is 14.2 Å². The number of carbonyl (C=O) groups is 2. The Balaban J connectivity index is 2.03. The van der Waals surface area contributed by atoms with Crippen molar-refractivity contribution in [3.63, 3.8) is 0 Å². The predicted molar refractivity (Wildman–Crippen MR) is 116 cm³/mol. The largest absolute Gasteiger partial charge is 0.496 e. The van der Waals surface area contributed by atoms with Crippen molar-refractivity contribution in [1.82, 2.24) is 10.6 Å². The van der Waals surface area contributed by atoms with Gasteiger partial charge in [0.15, 0.2) is 11.5 Å². The number of rotatable bonds is 10. The predicted octanol–water partition coefficient (Wildman–Crippen LogP) is 0.476. The number of carbonyl (C=O) groups excluding carboxylic acids is 2. The smallest absolute Gasteiger partial charge is 0.475 e. The highest BCUT2D eigenvalue weighted by atomic mass is 16.5. The Morgan fingerprint density at radius 1 is 1.13 bits per heavy atom. The lowest BCUT2D eigenvalue weighted by molar-refractivity contribution is -0.129. The average molecular weight is 436 g/mol. The number of fused-ring (bicyclic) bond motifs is 1. The van der Waals surface area contributed by atoms with E-state index in [2.05, 4.69) is 10.6 Å². The molecule has 0 spiro atoms. The van der Waals surface area contributed by atoms with Gasteiger partial charge >= 0.3 is 7.12 Å². The molecule has 0 radical (unpaired) electrons. The number of hydrogen-bond acceptors (Lipinski definition) is 7. The van der Waals surface area contributed by atoms with E-state index in [9.17, 15) is 19.6 Å². The monoisotopic (exact) mass is 436 g/mol. The van der Waals surface area contributed by atoms with E-state index >= 15 is 0 Å². The van der Waals surface area contributed by atoms with Gasteiger partial charge in [-0.2, -0.15) is 0 Å². The number of benzene rings is 1. The number of amides is 2. The van der Waals surface area contributed by atoms with E-state index < -0.39 is 19.0 Å². The molecular formula is C21H33BN2O7. The van der Waals surface area contributed by atoms with Crippen LogP contribution < -0.4 is 24.8 Å². The summed E-state index contributed by atoms with van der Waals surface area (Å²) < 4.78 is 16.4. The number of methoxy groups -OCH3 is 3. The zero-order valence-corrected chi connectivity index (χ0v) is 18.9. The van der Waals surface area contributed by atoms with Crippen molar-refractivity contribution in [2.45, 2.75) is 45.5 Å². The van der Waals surface area contributed by atoms with Crippen LogP contribution in [0.2, 0.25) is 0 Å². The molecule has 2 amide bonds. The van der Waals surface area contributed by atoms with Gasteiger partial charge in [0.1, 0.15) is 5.75 Å². The van der Waals surface area contributed by atoms with E-state index in [1.165, 1.54) is 0 Å². The van der Waals surface area contributed by atoms with Crippen molar-refractivity contribution in [3.8, 4) is 17.2 Å². The van der Waals surface area contributed by atoms with Crippen LogP contribution in [0, 0.1) is 11.8 Å². The van der Waals surface area contributed by atoms with Gasteiger partial charge in [0.05, 0.1) is 33.8 Å². The Hall–Kier alpha value is -2.46. The van der Waals surface area contributed by atoms with Crippen LogP contribution in [-0.2, 0) is 22.4 Å². The van der Waals surface area contributed by atoms with Crippen molar-refractivity contribution in [3.05, 3.63) is 17.2 Å². The highest BCUT2D eigenvalue weighted by molar-refractivity contribution is 6.43. The summed E-state index contributed by atoms with van der Waals surface area (Å²) >= 11 is 0. The molecule has 1 aromatic carbocycles. The molecule has 0 bridgehead atoms. The fraction of sp³-hybridized carbons (Fsp3) is 0.619. The lowest BCUT2D eigenvalue weighted by atomic mass is 9.75. The summed E-state index contributed by atoms with van der Waals surface area (Å²) in [5.41, 5.74) is 1.87. The van der Waals surface area contributed by atoms with E-state index in [1.807, 2.05) is 13.8 Å². The molecule has 9 nitrogen and oxygen atoms in total. The number of ether oxygens (including phenoxy) is 3. The summed E-state index contributed by atoms with van der Waals surface area (Å²) in [6.45, 7) is 3.60. The summed E-state index contributed by atoms with van der Waals surface area (Å²) in [7, 11) is 3.04. The van der Waals surface area contributed by atoms with Gasteiger partial charge in [-0.3, -0.25) is 9.59 Å². The van der Waals surface area contributed by atoms with Gasteiger partial charge in [-0.15, -0.1) is 0 Å². The van der Waals surface area contributed by atoms with Gasteiger partial charge < -0.3 is 34.9 Å². The summed E-state index contributed by atoms with van der Waals surface area (Å²) in [6.07, 6.45) is 2.10. The zero-order chi connectivity index (χ0) is 23.1. The number of nitrogens with one attached hydrogen (secondary N) is 2. The number of hydrogen-bond donors (Lipinski definition) is 4. The molecule has 31 heavy (non-hydrogen) atoms. The molecule has 172 valence electrons. The normalized spacial score (nSPS) is 16.2. The van der Waals surface area contributed by atoms with Crippen LogP contribution in [-0.4, -0.2) is 62.8 Å². The van der Waals surface area contributed by atoms with E-state index in [-0.39, 0.29) is 24.3 Å². The van der Waals surface area contributed by atoms with Crippen molar-refractivity contribution in [1.29, 1.82) is 0 Å². The summed E-state index contributed by atoms with van der Waals surface area (Å²) in [5.74, 6) is 0.173. The maximum atomic E-state index is 12.7. The van der Waals surface area contributed by atoms with E-state index in [0.29, 0.717) is 42.9 Å². The first kappa shape index (κ1) is 24.8. The van der Waals surface area contributed by atoms with Gasteiger partial charge in [-0.1, -0.05) is 13.8 Å². The summed E-state index contributed by atoms with van der Waals surface area (Å²) in [4.78, 5) is 24.9. The molecule has 2 unspecified atom stereocenters.